The molecule has 0 unspecified atom stereocenters. The van der Waals surface area contributed by atoms with Crippen molar-refractivity contribution in [1.29, 1.82) is 0 Å². The molecular weight excluding hydrogens is 485 g/mol. The molecule has 1 aliphatic heterocycles. The van der Waals surface area contributed by atoms with Gasteiger partial charge in [0.1, 0.15) is 12.4 Å². The van der Waals surface area contributed by atoms with Crippen LogP contribution in [0.5, 0.6) is 17.5 Å². The Labute approximate surface area is 214 Å². The van der Waals surface area contributed by atoms with Crippen LogP contribution in [0.3, 0.4) is 0 Å². The highest BCUT2D eigenvalue weighted by Gasteiger charge is 2.26. The van der Waals surface area contributed by atoms with Crippen molar-refractivity contribution in [2.24, 2.45) is 0 Å². The van der Waals surface area contributed by atoms with E-state index in [2.05, 4.69) is 16.5 Å². The monoisotopic (exact) mass is 515 g/mol. The summed E-state index contributed by atoms with van der Waals surface area (Å²) >= 11 is 1.18. The molecule has 0 bridgehead atoms. The molecule has 1 aromatic heterocycles. The maximum Gasteiger partial charge on any atom is 0.410 e. The Morgan fingerprint density at radius 3 is 2.56 bits per heavy atom. The SMILES string of the molecule is C=C(S/C=C\C)C(=O)c1ccc(Oc2ncnc(OC3CCN(C(=O)OC(C)C)CC3)c2C)c(F)c1. The van der Waals surface area contributed by atoms with E-state index in [0.29, 0.717) is 37.4 Å². The van der Waals surface area contributed by atoms with Gasteiger partial charge in [0, 0.05) is 31.5 Å². The molecule has 1 amide bonds. The van der Waals surface area contributed by atoms with Crippen LogP contribution in [0.4, 0.5) is 9.18 Å². The molecule has 1 saturated heterocycles. The molecule has 2 heterocycles. The van der Waals surface area contributed by atoms with E-state index in [-0.39, 0.29) is 46.2 Å². The number of amides is 1. The number of hydrogen-bond donors (Lipinski definition) is 0. The van der Waals surface area contributed by atoms with Gasteiger partial charge in [0.05, 0.1) is 16.6 Å². The number of carbonyl (C=O) groups excluding carboxylic acids is 2. The highest BCUT2D eigenvalue weighted by molar-refractivity contribution is 8.06. The summed E-state index contributed by atoms with van der Waals surface area (Å²) in [5.74, 6) is -0.675. The number of allylic oxidation sites excluding steroid dienone is 2. The molecule has 1 fully saturated rings. The molecule has 1 aromatic carbocycles. The van der Waals surface area contributed by atoms with Crippen molar-refractivity contribution >= 4 is 23.6 Å². The van der Waals surface area contributed by atoms with Gasteiger partial charge in [-0.25, -0.2) is 19.2 Å². The summed E-state index contributed by atoms with van der Waals surface area (Å²) in [6, 6.07) is 3.98. The number of rotatable bonds is 9. The minimum atomic E-state index is -0.703. The van der Waals surface area contributed by atoms with E-state index in [1.807, 2.05) is 20.8 Å². The minimum Gasteiger partial charge on any atom is -0.474 e. The maximum absolute atomic E-state index is 14.8. The first kappa shape index (κ1) is 27.2. The average molecular weight is 516 g/mol. The first-order valence-electron chi connectivity index (χ1n) is 11.6. The topological polar surface area (TPSA) is 90.9 Å². The fraction of sp³-hybridized carbons (Fsp3) is 0.385. The predicted molar refractivity (Wildman–Crippen MR) is 136 cm³/mol. The average Bonchev–Trinajstić information content (AvgIpc) is 2.85. The van der Waals surface area contributed by atoms with Crippen molar-refractivity contribution < 1.29 is 28.2 Å². The second-order valence-corrected chi connectivity index (χ2v) is 9.43. The number of hydrogen-bond acceptors (Lipinski definition) is 8. The van der Waals surface area contributed by atoms with Crippen LogP contribution >= 0.6 is 11.8 Å². The Morgan fingerprint density at radius 2 is 1.92 bits per heavy atom. The Balaban J connectivity index is 1.64. The van der Waals surface area contributed by atoms with E-state index < -0.39 is 5.82 Å². The molecule has 0 atom stereocenters. The van der Waals surface area contributed by atoms with Crippen LogP contribution in [0, 0.1) is 12.7 Å². The van der Waals surface area contributed by atoms with Gasteiger partial charge in [-0.05, 0) is 51.3 Å². The molecule has 0 aliphatic carbocycles. The normalized spacial score (nSPS) is 14.2. The standard InChI is InChI=1S/C26H30FN3O5S/c1-6-13-36-18(5)23(31)19-7-8-22(21(27)14-19)35-25-17(4)24(28-15-29-25)34-20-9-11-30(12-10-20)26(32)33-16(2)3/h6-8,13-16,20H,5,9-12H2,1-4H3/b13-6-. The zero-order chi connectivity index (χ0) is 26.2. The van der Waals surface area contributed by atoms with Crippen LogP contribution in [0.2, 0.25) is 0 Å². The number of thioether (sulfide) groups is 1. The van der Waals surface area contributed by atoms with E-state index in [1.54, 1.807) is 23.3 Å². The second-order valence-electron chi connectivity index (χ2n) is 8.43. The molecule has 10 heteroatoms. The summed E-state index contributed by atoms with van der Waals surface area (Å²) in [7, 11) is 0. The van der Waals surface area contributed by atoms with Crippen LogP contribution in [0.25, 0.3) is 0 Å². The van der Waals surface area contributed by atoms with E-state index >= 15 is 0 Å². The lowest BCUT2D eigenvalue weighted by Gasteiger charge is -2.31. The number of halogens is 1. The molecule has 0 N–H and O–H groups in total. The molecule has 2 aromatic rings. The van der Waals surface area contributed by atoms with E-state index in [9.17, 15) is 14.0 Å². The van der Waals surface area contributed by atoms with Crippen LogP contribution in [0.15, 0.2) is 47.5 Å². The molecule has 1 aliphatic rings. The van der Waals surface area contributed by atoms with Gasteiger partial charge in [-0.3, -0.25) is 4.79 Å². The van der Waals surface area contributed by atoms with Crippen molar-refractivity contribution in [3.63, 3.8) is 0 Å². The van der Waals surface area contributed by atoms with Gasteiger partial charge < -0.3 is 19.1 Å². The van der Waals surface area contributed by atoms with E-state index in [1.165, 1.54) is 30.2 Å². The second kappa shape index (κ2) is 12.5. The van der Waals surface area contributed by atoms with Gasteiger partial charge in [0.15, 0.2) is 17.3 Å². The van der Waals surface area contributed by atoms with Crippen molar-refractivity contribution in [3.8, 4) is 17.5 Å². The lowest BCUT2D eigenvalue weighted by atomic mass is 10.1. The molecule has 0 saturated carbocycles. The van der Waals surface area contributed by atoms with Crippen LogP contribution in [-0.4, -0.2) is 52.0 Å². The number of ketones is 1. The summed E-state index contributed by atoms with van der Waals surface area (Å²) in [5, 5.41) is 1.73. The van der Waals surface area contributed by atoms with Crippen molar-refractivity contribution in [1.82, 2.24) is 14.9 Å². The molecule has 0 spiro atoms. The predicted octanol–water partition coefficient (Wildman–Crippen LogP) is 6.07. The largest absolute Gasteiger partial charge is 0.474 e. The number of nitrogens with zero attached hydrogens (tertiary/aromatic N) is 3. The Hall–Kier alpha value is -3.40. The summed E-state index contributed by atoms with van der Waals surface area (Å²) < 4.78 is 31.7. The smallest absolute Gasteiger partial charge is 0.410 e. The molecule has 3 rings (SSSR count). The van der Waals surface area contributed by atoms with Crippen LogP contribution in [0.1, 0.15) is 49.5 Å². The third kappa shape index (κ3) is 7.07. The van der Waals surface area contributed by atoms with Gasteiger partial charge in [-0.1, -0.05) is 24.4 Å². The molecular formula is C26H30FN3O5S. The zero-order valence-corrected chi connectivity index (χ0v) is 21.6. The third-order valence-corrected chi connectivity index (χ3v) is 6.19. The molecule has 192 valence electrons. The van der Waals surface area contributed by atoms with Crippen LogP contribution in [-0.2, 0) is 4.74 Å². The maximum atomic E-state index is 14.8. The number of aromatic nitrogens is 2. The van der Waals surface area contributed by atoms with Gasteiger partial charge in [-0.2, -0.15) is 0 Å². The molecule has 0 radical (unpaired) electrons. The summed E-state index contributed by atoms with van der Waals surface area (Å²) in [6.45, 7) is 11.9. The first-order chi connectivity index (χ1) is 17.2. The third-order valence-electron chi connectivity index (χ3n) is 5.31. The van der Waals surface area contributed by atoms with Gasteiger partial charge in [0.2, 0.25) is 11.8 Å². The summed E-state index contributed by atoms with van der Waals surface area (Å²) in [4.78, 5) is 34.8. The zero-order valence-electron chi connectivity index (χ0n) is 20.8. The Kier molecular flexibility index (Phi) is 9.46. The molecule has 8 nitrogen and oxygen atoms in total. The summed E-state index contributed by atoms with van der Waals surface area (Å²) in [5.41, 5.74) is 0.684. The van der Waals surface area contributed by atoms with Crippen LogP contribution < -0.4 is 9.47 Å². The lowest BCUT2D eigenvalue weighted by Crippen LogP contribution is -2.42. The number of likely N-dealkylation sites (tertiary alicyclic amines) is 1. The van der Waals surface area contributed by atoms with Gasteiger partial charge >= 0.3 is 6.09 Å². The van der Waals surface area contributed by atoms with Crippen molar-refractivity contribution in [2.75, 3.05) is 13.1 Å². The summed E-state index contributed by atoms with van der Waals surface area (Å²) in [6.07, 6.45) is 3.67. The number of benzene rings is 1. The Bertz CT molecular complexity index is 1150. The molecule has 36 heavy (non-hydrogen) atoms. The number of carbonyl (C=O) groups is 2. The van der Waals surface area contributed by atoms with Crippen molar-refractivity contribution in [2.45, 2.75) is 52.7 Å². The highest BCUT2D eigenvalue weighted by atomic mass is 32.2. The fourth-order valence-electron chi connectivity index (χ4n) is 3.42. The first-order valence-corrected chi connectivity index (χ1v) is 12.5. The van der Waals surface area contributed by atoms with Gasteiger partial charge in [-0.15, -0.1) is 0 Å². The lowest BCUT2D eigenvalue weighted by molar-refractivity contribution is 0.0504. The van der Waals surface area contributed by atoms with E-state index in [0.717, 1.165) is 6.07 Å². The van der Waals surface area contributed by atoms with Gasteiger partial charge in [0.25, 0.3) is 0 Å². The quantitative estimate of drug-likeness (QED) is 0.294. The highest BCUT2D eigenvalue weighted by Crippen LogP contribution is 2.31. The Morgan fingerprint density at radius 1 is 1.22 bits per heavy atom. The number of Topliss-reactive ketones (excluding diaryl/α,β-unsaturated/α-hetero) is 1. The van der Waals surface area contributed by atoms with E-state index in [4.69, 9.17) is 14.2 Å². The minimum absolute atomic E-state index is 0.0806. The fourth-order valence-corrected chi connectivity index (χ4v) is 3.95. The number of ether oxygens (including phenoxy) is 3. The number of piperidine rings is 1. The van der Waals surface area contributed by atoms with Crippen molar-refractivity contribution in [3.05, 3.63) is 64.4 Å².